The van der Waals surface area contributed by atoms with Gasteiger partial charge >= 0.3 is 0 Å². The van der Waals surface area contributed by atoms with Crippen LogP contribution in [-0.4, -0.2) is 59.7 Å². The van der Waals surface area contributed by atoms with Crippen molar-refractivity contribution in [2.45, 2.75) is 32.5 Å². The minimum atomic E-state index is -0.0933. The normalized spacial score (nSPS) is 16.5. The SMILES string of the molecule is Cc1ccsc1C(CNC(=O)c1cc2n(n1)CCCN(C)C2)N(C)C. The summed E-state index contributed by atoms with van der Waals surface area (Å²) in [6.07, 6.45) is 1.06. The van der Waals surface area contributed by atoms with Crippen molar-refractivity contribution in [1.29, 1.82) is 0 Å². The summed E-state index contributed by atoms with van der Waals surface area (Å²) in [4.78, 5) is 18.3. The molecule has 1 aliphatic heterocycles. The Morgan fingerprint density at radius 2 is 2.24 bits per heavy atom. The van der Waals surface area contributed by atoms with Crippen molar-refractivity contribution in [1.82, 2.24) is 24.9 Å². The van der Waals surface area contributed by atoms with Gasteiger partial charge in [0.1, 0.15) is 5.69 Å². The Kier molecular flexibility index (Phi) is 5.56. The summed E-state index contributed by atoms with van der Waals surface area (Å²) in [6.45, 7) is 5.48. The smallest absolute Gasteiger partial charge is 0.271 e. The molecule has 25 heavy (non-hydrogen) atoms. The van der Waals surface area contributed by atoms with E-state index in [0.29, 0.717) is 12.2 Å². The molecule has 1 aliphatic rings. The highest BCUT2D eigenvalue weighted by atomic mass is 32.1. The summed E-state index contributed by atoms with van der Waals surface area (Å²) in [5.41, 5.74) is 2.91. The first kappa shape index (κ1) is 18.1. The molecule has 0 saturated carbocycles. The average Bonchev–Trinajstić information content (AvgIpc) is 3.10. The van der Waals surface area contributed by atoms with Gasteiger partial charge in [-0.2, -0.15) is 5.10 Å². The second kappa shape index (κ2) is 7.68. The summed E-state index contributed by atoms with van der Waals surface area (Å²) < 4.78 is 1.98. The monoisotopic (exact) mass is 361 g/mol. The van der Waals surface area contributed by atoms with Crippen LogP contribution in [0.2, 0.25) is 0 Å². The van der Waals surface area contributed by atoms with E-state index in [1.165, 1.54) is 10.4 Å². The van der Waals surface area contributed by atoms with Crippen LogP contribution < -0.4 is 5.32 Å². The Hall–Kier alpha value is -1.70. The predicted octanol–water partition coefficient (Wildman–Crippen LogP) is 2.12. The van der Waals surface area contributed by atoms with Gasteiger partial charge in [-0.1, -0.05) is 0 Å². The number of nitrogens with one attached hydrogen (secondary N) is 1. The predicted molar refractivity (Wildman–Crippen MR) is 101 cm³/mol. The molecule has 0 radical (unpaired) electrons. The van der Waals surface area contributed by atoms with E-state index in [-0.39, 0.29) is 11.9 Å². The molecule has 136 valence electrons. The summed E-state index contributed by atoms with van der Waals surface area (Å²) in [7, 11) is 6.20. The Labute approximate surface area is 153 Å². The number of rotatable bonds is 5. The molecule has 1 N–H and O–H groups in total. The number of amides is 1. The zero-order valence-electron chi connectivity index (χ0n) is 15.5. The number of nitrogens with zero attached hydrogens (tertiary/aromatic N) is 4. The van der Waals surface area contributed by atoms with E-state index in [1.54, 1.807) is 11.3 Å². The summed E-state index contributed by atoms with van der Waals surface area (Å²) in [5, 5.41) is 9.69. The van der Waals surface area contributed by atoms with Crippen LogP contribution >= 0.6 is 11.3 Å². The van der Waals surface area contributed by atoms with Gasteiger partial charge in [0.2, 0.25) is 0 Å². The van der Waals surface area contributed by atoms with Crippen molar-refractivity contribution in [2.24, 2.45) is 0 Å². The van der Waals surface area contributed by atoms with Crippen LogP contribution in [-0.2, 0) is 13.1 Å². The van der Waals surface area contributed by atoms with Crippen molar-refractivity contribution in [3.8, 4) is 0 Å². The van der Waals surface area contributed by atoms with Gasteiger partial charge in [-0.05, 0) is 57.6 Å². The quantitative estimate of drug-likeness (QED) is 0.886. The lowest BCUT2D eigenvalue weighted by atomic mass is 10.1. The lowest BCUT2D eigenvalue weighted by Crippen LogP contribution is -2.34. The van der Waals surface area contributed by atoms with E-state index < -0.39 is 0 Å². The molecule has 0 aliphatic carbocycles. The van der Waals surface area contributed by atoms with Crippen molar-refractivity contribution < 1.29 is 4.79 Å². The highest BCUT2D eigenvalue weighted by Gasteiger charge is 2.21. The van der Waals surface area contributed by atoms with Crippen molar-refractivity contribution >= 4 is 17.2 Å². The second-order valence-corrected chi connectivity index (χ2v) is 7.94. The van der Waals surface area contributed by atoms with Gasteiger partial charge in [-0.25, -0.2) is 0 Å². The van der Waals surface area contributed by atoms with Gasteiger partial charge in [-0.3, -0.25) is 9.48 Å². The van der Waals surface area contributed by atoms with Crippen molar-refractivity contribution in [3.05, 3.63) is 39.3 Å². The van der Waals surface area contributed by atoms with Gasteiger partial charge in [-0.15, -0.1) is 11.3 Å². The number of aromatic nitrogens is 2. The first-order chi connectivity index (χ1) is 12.0. The fraction of sp³-hybridized carbons (Fsp3) is 0.556. The lowest BCUT2D eigenvalue weighted by molar-refractivity contribution is 0.0936. The molecule has 7 heteroatoms. The fourth-order valence-electron chi connectivity index (χ4n) is 3.25. The number of carbonyl (C=O) groups is 1. The molecule has 3 rings (SSSR count). The molecule has 0 saturated heterocycles. The van der Waals surface area contributed by atoms with Crippen molar-refractivity contribution in [3.63, 3.8) is 0 Å². The molecule has 2 aromatic heterocycles. The van der Waals surface area contributed by atoms with Gasteiger partial charge in [0.15, 0.2) is 0 Å². The Balaban J connectivity index is 1.68. The van der Waals surface area contributed by atoms with E-state index in [1.807, 2.05) is 24.8 Å². The molecule has 2 aromatic rings. The molecule has 1 amide bonds. The molecule has 0 spiro atoms. The van der Waals surface area contributed by atoms with Crippen LogP contribution in [0.15, 0.2) is 17.5 Å². The molecular weight excluding hydrogens is 334 g/mol. The number of aryl methyl sites for hydroxylation is 2. The Morgan fingerprint density at radius 3 is 2.92 bits per heavy atom. The van der Waals surface area contributed by atoms with Crippen LogP contribution in [0.5, 0.6) is 0 Å². The molecule has 3 heterocycles. The van der Waals surface area contributed by atoms with E-state index >= 15 is 0 Å². The molecule has 0 fully saturated rings. The fourth-order valence-corrected chi connectivity index (χ4v) is 4.37. The maximum absolute atomic E-state index is 12.6. The zero-order chi connectivity index (χ0) is 18.0. The van der Waals surface area contributed by atoms with Gasteiger partial charge in [0.25, 0.3) is 5.91 Å². The van der Waals surface area contributed by atoms with E-state index in [0.717, 1.165) is 31.7 Å². The largest absolute Gasteiger partial charge is 0.349 e. The first-order valence-corrected chi connectivity index (χ1v) is 9.57. The standard InChI is InChI=1S/C18H27N5OS/c1-13-6-9-25-17(13)16(21(2)3)11-19-18(24)15-10-14-12-22(4)7-5-8-23(14)20-15/h6,9-10,16H,5,7-8,11-12H2,1-4H3,(H,19,24). The third kappa shape index (κ3) is 4.11. The van der Waals surface area contributed by atoms with E-state index in [2.05, 4.69) is 45.6 Å². The number of hydrogen-bond acceptors (Lipinski definition) is 5. The summed E-state index contributed by atoms with van der Waals surface area (Å²) >= 11 is 1.74. The first-order valence-electron chi connectivity index (χ1n) is 8.69. The number of likely N-dealkylation sites (N-methyl/N-ethyl adjacent to an activating group) is 1. The molecule has 1 atom stereocenters. The lowest BCUT2D eigenvalue weighted by Gasteiger charge is -2.24. The third-order valence-electron chi connectivity index (χ3n) is 4.72. The highest BCUT2D eigenvalue weighted by molar-refractivity contribution is 7.10. The number of fused-ring (bicyclic) bond motifs is 1. The maximum atomic E-state index is 12.6. The van der Waals surface area contributed by atoms with Crippen molar-refractivity contribution in [2.75, 3.05) is 34.2 Å². The van der Waals surface area contributed by atoms with Crippen LogP contribution in [0.1, 0.15) is 39.1 Å². The second-order valence-electron chi connectivity index (χ2n) is 6.99. The molecule has 1 unspecified atom stereocenters. The zero-order valence-corrected chi connectivity index (χ0v) is 16.3. The van der Waals surface area contributed by atoms with Crippen LogP contribution in [0, 0.1) is 6.92 Å². The number of hydrogen-bond donors (Lipinski definition) is 1. The summed E-state index contributed by atoms with van der Waals surface area (Å²) in [5.74, 6) is -0.0933. The highest BCUT2D eigenvalue weighted by Crippen LogP contribution is 2.26. The number of carbonyl (C=O) groups excluding carboxylic acids is 1. The molecule has 0 bridgehead atoms. The minimum Gasteiger partial charge on any atom is -0.349 e. The molecule has 0 aromatic carbocycles. The number of thiophene rings is 1. The maximum Gasteiger partial charge on any atom is 0.271 e. The molecular formula is C18H27N5OS. The third-order valence-corrected chi connectivity index (χ3v) is 5.84. The minimum absolute atomic E-state index is 0.0933. The van der Waals surface area contributed by atoms with E-state index in [4.69, 9.17) is 0 Å². The van der Waals surface area contributed by atoms with Gasteiger partial charge < -0.3 is 15.1 Å². The average molecular weight is 362 g/mol. The summed E-state index contributed by atoms with van der Waals surface area (Å²) in [6, 6.07) is 4.23. The van der Waals surface area contributed by atoms with Crippen LogP contribution in [0.25, 0.3) is 0 Å². The van der Waals surface area contributed by atoms with E-state index in [9.17, 15) is 4.79 Å². The topological polar surface area (TPSA) is 53.4 Å². The van der Waals surface area contributed by atoms with Crippen LogP contribution in [0.3, 0.4) is 0 Å². The van der Waals surface area contributed by atoms with Gasteiger partial charge in [0, 0.05) is 31.1 Å². The Morgan fingerprint density at radius 1 is 1.44 bits per heavy atom. The Bertz CT molecular complexity index is 736. The van der Waals surface area contributed by atoms with Gasteiger partial charge in [0.05, 0.1) is 11.7 Å². The molecule has 6 nitrogen and oxygen atoms in total. The van der Waals surface area contributed by atoms with Crippen LogP contribution in [0.4, 0.5) is 0 Å².